The minimum atomic E-state index is -5.87. The van der Waals surface area contributed by atoms with Crippen molar-refractivity contribution in [1.29, 1.82) is 0 Å². The molecular formula is C21H34BF3O5SSi. The first-order chi connectivity index (χ1) is 14.5. The van der Waals surface area contributed by atoms with Gasteiger partial charge in [-0.1, -0.05) is 59.5 Å². The molecule has 0 atom stereocenters. The van der Waals surface area contributed by atoms with Gasteiger partial charge in [-0.2, -0.15) is 21.6 Å². The number of benzene rings is 1. The molecule has 1 aromatic carbocycles. The van der Waals surface area contributed by atoms with Gasteiger partial charge in [-0.05, 0) is 43.4 Å². The molecule has 182 valence electrons. The summed E-state index contributed by atoms with van der Waals surface area (Å²) >= 11 is 0. The van der Waals surface area contributed by atoms with Crippen molar-refractivity contribution in [3.05, 3.63) is 17.7 Å². The Labute approximate surface area is 191 Å². The summed E-state index contributed by atoms with van der Waals surface area (Å²) in [6, 6.07) is 3.42. The van der Waals surface area contributed by atoms with Crippen LogP contribution in [0.5, 0.6) is 5.75 Å². The highest BCUT2D eigenvalue weighted by Crippen LogP contribution is 2.47. The molecule has 0 bridgehead atoms. The van der Waals surface area contributed by atoms with E-state index in [1.54, 1.807) is 19.1 Å². The van der Waals surface area contributed by atoms with Crippen molar-refractivity contribution in [2.24, 2.45) is 0 Å². The molecule has 1 saturated heterocycles. The highest BCUT2D eigenvalue weighted by molar-refractivity contribution is 7.88. The van der Waals surface area contributed by atoms with E-state index in [0.29, 0.717) is 36.4 Å². The summed E-state index contributed by atoms with van der Waals surface area (Å²) in [4.78, 5) is 0. The molecule has 0 N–H and O–H groups in total. The Kier molecular flexibility index (Phi) is 7.62. The third-order valence-corrected chi connectivity index (χ3v) is 9.68. The van der Waals surface area contributed by atoms with E-state index in [1.165, 1.54) is 0 Å². The summed E-state index contributed by atoms with van der Waals surface area (Å²) in [7, 11) is -9.22. The first-order valence-electron chi connectivity index (χ1n) is 11.0. The molecule has 1 aliphatic rings. The highest BCUT2D eigenvalue weighted by atomic mass is 32.2. The molecule has 0 saturated carbocycles. The number of hydrogen-bond acceptors (Lipinski definition) is 5. The average molecular weight is 494 g/mol. The van der Waals surface area contributed by atoms with Crippen molar-refractivity contribution in [2.45, 2.75) is 96.7 Å². The predicted octanol–water partition coefficient (Wildman–Crippen LogP) is 4.63. The van der Waals surface area contributed by atoms with Crippen LogP contribution in [-0.2, 0) is 19.4 Å². The SMILES string of the molecule is CCC1(CC)OB(c2c(C)ccc([Si](C)(C)C)c2OS(=O)(=O)C(F)(F)F)OC1(CC)CC. The van der Waals surface area contributed by atoms with E-state index < -0.39 is 42.0 Å². The van der Waals surface area contributed by atoms with E-state index in [9.17, 15) is 21.6 Å². The van der Waals surface area contributed by atoms with Crippen molar-refractivity contribution in [2.75, 3.05) is 0 Å². The molecule has 0 aromatic heterocycles. The molecular weight excluding hydrogens is 460 g/mol. The van der Waals surface area contributed by atoms with Crippen LogP contribution < -0.4 is 14.8 Å². The molecule has 0 radical (unpaired) electrons. The van der Waals surface area contributed by atoms with Crippen LogP contribution in [0.1, 0.15) is 58.9 Å². The summed E-state index contributed by atoms with van der Waals surface area (Å²) in [5.74, 6) is -0.310. The fourth-order valence-electron chi connectivity index (χ4n) is 4.72. The lowest BCUT2D eigenvalue weighted by atomic mass is 9.75. The molecule has 1 aromatic rings. The number of aryl methyl sites for hydroxylation is 1. The Morgan fingerprint density at radius 3 is 1.75 bits per heavy atom. The van der Waals surface area contributed by atoms with Gasteiger partial charge in [0.25, 0.3) is 0 Å². The van der Waals surface area contributed by atoms with Gasteiger partial charge in [-0.15, -0.1) is 0 Å². The fraction of sp³-hybridized carbons (Fsp3) is 0.714. The Morgan fingerprint density at radius 1 is 0.969 bits per heavy atom. The Hall–Kier alpha value is -1.04. The first kappa shape index (κ1) is 27.2. The van der Waals surface area contributed by atoms with Crippen LogP contribution in [0, 0.1) is 6.92 Å². The van der Waals surface area contributed by atoms with Crippen LogP contribution in [0.3, 0.4) is 0 Å². The summed E-state index contributed by atoms with van der Waals surface area (Å²) in [5.41, 5.74) is -6.08. The third kappa shape index (κ3) is 4.50. The Balaban J connectivity index is 2.79. The average Bonchev–Trinajstić information content (AvgIpc) is 3.01. The third-order valence-electron chi connectivity index (χ3n) is 6.71. The summed E-state index contributed by atoms with van der Waals surface area (Å²) < 4.78 is 81.6. The molecule has 1 heterocycles. The normalized spacial score (nSPS) is 18.8. The molecule has 2 rings (SSSR count). The zero-order valence-electron chi connectivity index (χ0n) is 20.1. The van der Waals surface area contributed by atoms with E-state index >= 15 is 0 Å². The van der Waals surface area contributed by atoms with Crippen molar-refractivity contribution >= 4 is 36.0 Å². The van der Waals surface area contributed by atoms with Gasteiger partial charge < -0.3 is 13.5 Å². The standard InChI is InChI=1S/C21H34BF3O5SSi/c1-9-19(10-2)20(11-3,12-4)30-22(29-19)17-15(5)13-14-16(32(6,7)8)18(17)28-31(26,27)21(23,24)25/h13-14H,9-12H2,1-8H3. The van der Waals surface area contributed by atoms with Crippen molar-refractivity contribution in [3.63, 3.8) is 0 Å². The monoisotopic (exact) mass is 494 g/mol. The van der Waals surface area contributed by atoms with Crippen LogP contribution in [-0.4, -0.2) is 40.3 Å². The van der Waals surface area contributed by atoms with Gasteiger partial charge in [-0.3, -0.25) is 0 Å². The molecule has 0 aliphatic carbocycles. The second-order valence-corrected chi connectivity index (χ2v) is 16.0. The van der Waals surface area contributed by atoms with E-state index in [1.807, 2.05) is 47.3 Å². The van der Waals surface area contributed by atoms with Crippen molar-refractivity contribution < 1.29 is 35.1 Å². The van der Waals surface area contributed by atoms with E-state index in [-0.39, 0.29) is 11.2 Å². The minimum Gasteiger partial charge on any atom is -0.399 e. The van der Waals surface area contributed by atoms with Crippen LogP contribution in [0.2, 0.25) is 19.6 Å². The van der Waals surface area contributed by atoms with Gasteiger partial charge in [0.05, 0.1) is 19.3 Å². The zero-order valence-corrected chi connectivity index (χ0v) is 22.0. The van der Waals surface area contributed by atoms with Gasteiger partial charge in [0, 0.05) is 5.46 Å². The van der Waals surface area contributed by atoms with Crippen molar-refractivity contribution in [1.82, 2.24) is 0 Å². The lowest BCUT2D eigenvalue weighted by molar-refractivity contribution is -0.0601. The molecule has 0 unspecified atom stereocenters. The topological polar surface area (TPSA) is 61.8 Å². The maximum atomic E-state index is 13.3. The quantitative estimate of drug-likeness (QED) is 0.300. The van der Waals surface area contributed by atoms with Crippen LogP contribution in [0.4, 0.5) is 13.2 Å². The summed E-state index contributed by atoms with van der Waals surface area (Å²) in [6.07, 6.45) is 2.58. The highest BCUT2D eigenvalue weighted by Gasteiger charge is 2.60. The largest absolute Gasteiger partial charge is 0.534 e. The lowest BCUT2D eigenvalue weighted by Crippen LogP contribution is -2.50. The molecule has 32 heavy (non-hydrogen) atoms. The predicted molar refractivity (Wildman–Crippen MR) is 124 cm³/mol. The van der Waals surface area contributed by atoms with Crippen LogP contribution in [0.15, 0.2) is 12.1 Å². The number of halogens is 3. The second-order valence-electron chi connectivity index (χ2n) is 9.38. The summed E-state index contributed by atoms with van der Waals surface area (Å²) in [5, 5.41) is 0.460. The first-order valence-corrected chi connectivity index (χ1v) is 16.0. The van der Waals surface area contributed by atoms with Gasteiger partial charge in [0.1, 0.15) is 5.75 Å². The van der Waals surface area contributed by atoms with E-state index in [4.69, 9.17) is 13.5 Å². The van der Waals surface area contributed by atoms with Gasteiger partial charge >= 0.3 is 22.7 Å². The number of rotatable bonds is 8. The van der Waals surface area contributed by atoms with Gasteiger partial charge in [0.15, 0.2) is 0 Å². The van der Waals surface area contributed by atoms with Gasteiger partial charge in [-0.25, -0.2) is 0 Å². The number of alkyl halides is 3. The van der Waals surface area contributed by atoms with Gasteiger partial charge in [0.2, 0.25) is 0 Å². The smallest absolute Gasteiger partial charge is 0.399 e. The molecule has 5 nitrogen and oxygen atoms in total. The lowest BCUT2D eigenvalue weighted by Gasteiger charge is -2.42. The molecule has 1 fully saturated rings. The summed E-state index contributed by atoms with van der Waals surface area (Å²) in [6.45, 7) is 15.4. The Bertz CT molecular complexity index is 916. The maximum absolute atomic E-state index is 13.3. The number of hydrogen-bond donors (Lipinski definition) is 0. The van der Waals surface area contributed by atoms with Crippen LogP contribution >= 0.6 is 0 Å². The van der Waals surface area contributed by atoms with Crippen LogP contribution in [0.25, 0.3) is 0 Å². The zero-order chi connectivity index (χ0) is 24.8. The second kappa shape index (κ2) is 8.96. The van der Waals surface area contributed by atoms with E-state index in [0.717, 1.165) is 0 Å². The maximum Gasteiger partial charge on any atom is 0.534 e. The fourth-order valence-corrected chi connectivity index (χ4v) is 6.73. The minimum absolute atomic E-state index is 0.216. The molecule has 0 spiro atoms. The van der Waals surface area contributed by atoms with E-state index in [2.05, 4.69) is 0 Å². The molecule has 1 aliphatic heterocycles. The molecule has 11 heteroatoms. The van der Waals surface area contributed by atoms with Crippen molar-refractivity contribution in [3.8, 4) is 5.75 Å². The Morgan fingerprint density at radius 2 is 1.41 bits per heavy atom. The molecule has 0 amide bonds.